The fourth-order valence-electron chi connectivity index (χ4n) is 3.93. The van der Waals surface area contributed by atoms with Crippen LogP contribution in [0.3, 0.4) is 0 Å². The lowest BCUT2D eigenvalue weighted by molar-refractivity contribution is -0.136. The largest absolute Gasteiger partial charge is 0.299 e. The van der Waals surface area contributed by atoms with E-state index in [0.29, 0.717) is 6.54 Å². The highest BCUT2D eigenvalue weighted by Gasteiger charge is 2.43. The molecular formula is C22H26N2O4S. The van der Waals surface area contributed by atoms with E-state index in [4.69, 9.17) is 5.21 Å². The molecule has 7 heteroatoms. The van der Waals surface area contributed by atoms with Crippen molar-refractivity contribution in [2.45, 2.75) is 43.7 Å². The van der Waals surface area contributed by atoms with E-state index in [0.717, 1.165) is 17.0 Å². The molecule has 2 fully saturated rings. The number of benzene rings is 2. The predicted octanol–water partition coefficient (Wildman–Crippen LogP) is 2.77. The Morgan fingerprint density at radius 2 is 1.52 bits per heavy atom. The normalized spacial score (nSPS) is 20.2. The van der Waals surface area contributed by atoms with E-state index in [1.807, 2.05) is 24.3 Å². The Hall–Kier alpha value is -2.22. The molecule has 1 aliphatic carbocycles. The predicted molar refractivity (Wildman–Crippen MR) is 111 cm³/mol. The Labute approximate surface area is 171 Å². The molecule has 1 aliphatic heterocycles. The number of sulfone groups is 1. The zero-order valence-electron chi connectivity index (χ0n) is 16.2. The van der Waals surface area contributed by atoms with Gasteiger partial charge in [-0.3, -0.25) is 15.3 Å². The molecule has 2 aliphatic rings. The fourth-order valence-corrected chi connectivity index (χ4v) is 5.45. The maximum Gasteiger partial charge on any atom is 0.263 e. The Kier molecular flexibility index (Phi) is 5.46. The minimum absolute atomic E-state index is 0.0663. The monoisotopic (exact) mass is 414 g/mol. The molecule has 0 unspecified atom stereocenters. The molecule has 0 aromatic heterocycles. The van der Waals surface area contributed by atoms with Gasteiger partial charge in [-0.05, 0) is 53.9 Å². The van der Waals surface area contributed by atoms with Gasteiger partial charge in [-0.15, -0.1) is 0 Å². The Balaban J connectivity index is 1.42. The first-order valence-corrected chi connectivity index (χ1v) is 11.8. The average molecular weight is 415 g/mol. The highest BCUT2D eigenvalue weighted by molar-refractivity contribution is 7.91. The van der Waals surface area contributed by atoms with Crippen molar-refractivity contribution in [3.8, 4) is 11.1 Å². The van der Waals surface area contributed by atoms with E-state index < -0.39 is 21.3 Å². The number of carbonyl (C=O) groups excluding carboxylic acids is 1. The van der Waals surface area contributed by atoms with Gasteiger partial charge in [-0.2, -0.15) is 0 Å². The van der Waals surface area contributed by atoms with Gasteiger partial charge >= 0.3 is 0 Å². The number of carbonyl (C=O) groups is 1. The molecule has 0 radical (unpaired) electrons. The molecule has 29 heavy (non-hydrogen) atoms. The summed E-state index contributed by atoms with van der Waals surface area (Å²) >= 11 is 0. The van der Waals surface area contributed by atoms with E-state index in [2.05, 4.69) is 29.6 Å². The summed E-state index contributed by atoms with van der Waals surface area (Å²) < 4.78 is 23.5. The molecule has 1 saturated heterocycles. The summed E-state index contributed by atoms with van der Waals surface area (Å²) in [5, 5.41) is 12.3. The van der Waals surface area contributed by atoms with Crippen molar-refractivity contribution < 1.29 is 18.4 Å². The third-order valence-electron chi connectivity index (χ3n) is 6.09. The summed E-state index contributed by atoms with van der Waals surface area (Å²) in [4.78, 5) is 12.2. The number of hydrogen-bond acceptors (Lipinski definition) is 5. The van der Waals surface area contributed by atoms with Crippen molar-refractivity contribution in [2.75, 3.05) is 11.5 Å². The summed E-state index contributed by atoms with van der Waals surface area (Å²) in [5.74, 6) is 0.0300. The van der Waals surface area contributed by atoms with E-state index >= 15 is 0 Å². The quantitative estimate of drug-likeness (QED) is 0.499. The molecule has 2 aromatic rings. The molecule has 0 atom stereocenters. The van der Waals surface area contributed by atoms with Crippen molar-refractivity contribution in [1.82, 2.24) is 10.8 Å². The fraction of sp³-hybridized carbons (Fsp3) is 0.409. The van der Waals surface area contributed by atoms with Crippen molar-refractivity contribution in [1.29, 1.82) is 0 Å². The van der Waals surface area contributed by atoms with Crippen LogP contribution in [0.5, 0.6) is 0 Å². The van der Waals surface area contributed by atoms with E-state index in [9.17, 15) is 13.2 Å². The zero-order valence-corrected chi connectivity index (χ0v) is 17.0. The van der Waals surface area contributed by atoms with Crippen molar-refractivity contribution in [3.05, 3.63) is 59.7 Å². The van der Waals surface area contributed by atoms with Crippen LogP contribution in [0.2, 0.25) is 0 Å². The molecule has 3 N–H and O–H groups in total. The number of hydroxylamine groups is 1. The second kappa shape index (κ2) is 7.89. The lowest BCUT2D eigenvalue weighted by Crippen LogP contribution is -2.59. The van der Waals surface area contributed by atoms with Gasteiger partial charge < -0.3 is 0 Å². The Bertz CT molecular complexity index is 966. The van der Waals surface area contributed by atoms with Crippen molar-refractivity contribution in [2.24, 2.45) is 0 Å². The van der Waals surface area contributed by atoms with Gasteiger partial charge in [-0.25, -0.2) is 13.9 Å². The van der Waals surface area contributed by atoms with Crippen LogP contribution >= 0.6 is 0 Å². The second-order valence-electron chi connectivity index (χ2n) is 8.12. The van der Waals surface area contributed by atoms with E-state index in [-0.39, 0.29) is 24.3 Å². The third kappa shape index (κ3) is 4.52. The smallest absolute Gasteiger partial charge is 0.263 e. The summed E-state index contributed by atoms with van der Waals surface area (Å²) in [6, 6.07) is 16.8. The first-order valence-electron chi connectivity index (χ1n) is 10.0. The van der Waals surface area contributed by atoms with Crippen molar-refractivity contribution in [3.63, 3.8) is 0 Å². The van der Waals surface area contributed by atoms with Crippen LogP contribution in [0.1, 0.15) is 42.7 Å². The SMILES string of the molecule is O=C(NO)C1(NCc2ccc(-c3ccc(C4CC4)cc3)cc2)CCS(=O)(=O)CC1. The van der Waals surface area contributed by atoms with Crippen LogP contribution in [0.15, 0.2) is 48.5 Å². The van der Waals surface area contributed by atoms with Crippen LogP contribution in [0, 0.1) is 0 Å². The average Bonchev–Trinajstić information content (AvgIpc) is 3.59. The molecule has 0 bridgehead atoms. The lowest BCUT2D eigenvalue weighted by atomic mass is 9.91. The highest BCUT2D eigenvalue weighted by Crippen LogP contribution is 2.40. The summed E-state index contributed by atoms with van der Waals surface area (Å²) in [5.41, 5.74) is 5.32. The summed E-state index contributed by atoms with van der Waals surface area (Å²) in [7, 11) is -3.12. The van der Waals surface area contributed by atoms with Crippen LogP contribution in [0.4, 0.5) is 0 Å². The molecular weight excluding hydrogens is 388 g/mol. The standard InChI is InChI=1S/C22H26N2O4S/c25-21(24-26)22(11-13-29(27,28)14-12-22)23-15-16-1-3-17(4-2-16)18-5-7-19(8-6-18)20-9-10-20/h1-8,20,23,26H,9-15H2,(H,24,25). The molecule has 4 rings (SSSR count). The molecule has 6 nitrogen and oxygen atoms in total. The first kappa shape index (κ1) is 20.1. The van der Waals surface area contributed by atoms with Gasteiger partial charge in [0.15, 0.2) is 0 Å². The van der Waals surface area contributed by atoms with Gasteiger partial charge in [0.1, 0.15) is 15.4 Å². The maximum absolute atomic E-state index is 12.2. The highest BCUT2D eigenvalue weighted by atomic mass is 32.2. The van der Waals surface area contributed by atoms with E-state index in [1.165, 1.54) is 24.0 Å². The Morgan fingerprint density at radius 1 is 0.966 bits per heavy atom. The first-order chi connectivity index (χ1) is 13.9. The second-order valence-corrected chi connectivity index (χ2v) is 10.4. The van der Waals surface area contributed by atoms with Crippen LogP contribution in [-0.4, -0.2) is 36.6 Å². The van der Waals surface area contributed by atoms with Gasteiger partial charge in [-0.1, -0.05) is 48.5 Å². The third-order valence-corrected chi connectivity index (χ3v) is 7.75. The van der Waals surface area contributed by atoms with Crippen LogP contribution < -0.4 is 10.8 Å². The van der Waals surface area contributed by atoms with Gasteiger partial charge in [0, 0.05) is 6.54 Å². The van der Waals surface area contributed by atoms with E-state index in [1.54, 1.807) is 5.48 Å². The molecule has 1 saturated carbocycles. The maximum atomic E-state index is 12.2. The van der Waals surface area contributed by atoms with Crippen LogP contribution in [-0.2, 0) is 21.2 Å². The molecule has 154 valence electrons. The summed E-state index contributed by atoms with van der Waals surface area (Å²) in [6.07, 6.45) is 2.88. The minimum atomic E-state index is -3.12. The van der Waals surface area contributed by atoms with Crippen molar-refractivity contribution >= 4 is 15.7 Å². The molecule has 1 heterocycles. The lowest BCUT2D eigenvalue weighted by Gasteiger charge is -2.35. The minimum Gasteiger partial charge on any atom is -0.299 e. The molecule has 2 aromatic carbocycles. The Morgan fingerprint density at radius 3 is 2.03 bits per heavy atom. The number of nitrogens with one attached hydrogen (secondary N) is 2. The van der Waals surface area contributed by atoms with Gasteiger partial charge in [0.05, 0.1) is 11.5 Å². The number of amides is 1. The molecule has 0 spiro atoms. The topological polar surface area (TPSA) is 95.5 Å². The van der Waals surface area contributed by atoms with Gasteiger partial charge in [0.2, 0.25) is 0 Å². The van der Waals surface area contributed by atoms with Crippen LogP contribution in [0.25, 0.3) is 11.1 Å². The zero-order chi connectivity index (χ0) is 20.5. The molecule has 1 amide bonds. The number of rotatable bonds is 6. The number of hydrogen-bond donors (Lipinski definition) is 3. The van der Waals surface area contributed by atoms with Gasteiger partial charge in [0.25, 0.3) is 5.91 Å². The summed E-state index contributed by atoms with van der Waals surface area (Å²) in [6.45, 7) is 0.411.